The number of amides is 2. The van der Waals surface area contributed by atoms with E-state index in [4.69, 9.17) is 14.7 Å². The second-order valence-electron chi connectivity index (χ2n) is 7.25. The average molecular weight is 453 g/mol. The topological polar surface area (TPSA) is 109 Å². The first kappa shape index (κ1) is 21.7. The summed E-state index contributed by atoms with van der Waals surface area (Å²) in [5.41, 5.74) is 2.05. The number of carbonyl (C=O) groups excluding carboxylic acids is 2. The summed E-state index contributed by atoms with van der Waals surface area (Å²) in [6, 6.07) is 3.74. The number of aromatic nitrogens is 3. The molecular weight excluding hydrogens is 428 g/mol. The van der Waals surface area contributed by atoms with Gasteiger partial charge in [0.2, 0.25) is 5.91 Å². The molecule has 0 unspecified atom stereocenters. The molecule has 0 radical (unpaired) electrons. The van der Waals surface area contributed by atoms with Gasteiger partial charge in [-0.2, -0.15) is 0 Å². The molecule has 0 saturated heterocycles. The Morgan fingerprint density at radius 3 is 2.84 bits per heavy atom. The Morgan fingerprint density at radius 1 is 1.28 bits per heavy atom. The highest BCUT2D eigenvalue weighted by Crippen LogP contribution is 2.38. The molecule has 2 amide bonds. The highest BCUT2D eigenvalue weighted by Gasteiger charge is 2.25. The number of nitrogens with one attached hydrogen (secondary N) is 2. The number of pyridine rings is 1. The van der Waals surface area contributed by atoms with Crippen molar-refractivity contribution < 1.29 is 14.3 Å². The summed E-state index contributed by atoms with van der Waals surface area (Å²) >= 11 is 1.60. The molecule has 0 bridgehead atoms. The maximum Gasteiger partial charge on any atom is 0.407 e. The zero-order valence-corrected chi connectivity index (χ0v) is 18.6. The van der Waals surface area contributed by atoms with Gasteiger partial charge in [-0.3, -0.25) is 9.78 Å². The van der Waals surface area contributed by atoms with E-state index < -0.39 is 6.09 Å². The van der Waals surface area contributed by atoms with E-state index >= 15 is 0 Å². The Kier molecular flexibility index (Phi) is 6.60. The van der Waals surface area contributed by atoms with Crippen molar-refractivity contribution >= 4 is 39.4 Å². The summed E-state index contributed by atoms with van der Waals surface area (Å²) in [7, 11) is 0. The summed E-state index contributed by atoms with van der Waals surface area (Å²) in [6.07, 6.45) is 5.20. The summed E-state index contributed by atoms with van der Waals surface area (Å²) in [5.74, 6) is 1.39. The summed E-state index contributed by atoms with van der Waals surface area (Å²) < 4.78 is 4.92. The second kappa shape index (κ2) is 9.73. The van der Waals surface area contributed by atoms with Crippen LogP contribution in [-0.4, -0.2) is 58.1 Å². The first-order chi connectivity index (χ1) is 15.6. The minimum Gasteiger partial charge on any atom is -0.445 e. The molecule has 0 aliphatic carbocycles. The third kappa shape index (κ3) is 4.70. The fraction of sp³-hybridized carbons (Fsp3) is 0.318. The first-order valence-electron chi connectivity index (χ1n) is 10.3. The number of ether oxygens (including phenoxy) is 1. The molecule has 1 aliphatic heterocycles. The Morgan fingerprint density at radius 2 is 2.09 bits per heavy atom. The van der Waals surface area contributed by atoms with Gasteiger partial charge in [0.15, 0.2) is 5.82 Å². The number of fused-ring (bicyclic) bond motifs is 3. The molecule has 3 aromatic heterocycles. The quantitative estimate of drug-likeness (QED) is 0.419. The maximum absolute atomic E-state index is 11.9. The molecule has 0 atom stereocenters. The van der Waals surface area contributed by atoms with Gasteiger partial charge in [-0.25, -0.2) is 14.8 Å². The van der Waals surface area contributed by atoms with Crippen LogP contribution < -0.4 is 10.6 Å². The average Bonchev–Trinajstić information content (AvgIpc) is 3.18. The zero-order valence-electron chi connectivity index (χ0n) is 17.8. The molecule has 4 rings (SSSR count). The number of alkyl carbamates (subject to hydrolysis) is 1. The van der Waals surface area contributed by atoms with E-state index in [1.165, 1.54) is 11.6 Å². The first-order valence-corrected chi connectivity index (χ1v) is 11.1. The van der Waals surface area contributed by atoms with Crippen molar-refractivity contribution in [1.82, 2.24) is 25.2 Å². The van der Waals surface area contributed by atoms with E-state index in [0.717, 1.165) is 32.9 Å². The normalized spacial score (nSPS) is 12.8. The minimum atomic E-state index is -0.491. The molecule has 4 heterocycles. The fourth-order valence-electron chi connectivity index (χ4n) is 3.55. The highest BCUT2D eigenvalue weighted by molar-refractivity contribution is 7.19. The predicted octanol–water partition coefficient (Wildman–Crippen LogP) is 2.98. The lowest BCUT2D eigenvalue weighted by atomic mass is 10.0. The molecule has 0 fully saturated rings. The van der Waals surface area contributed by atoms with Crippen molar-refractivity contribution in [2.24, 2.45) is 0 Å². The lowest BCUT2D eigenvalue weighted by Gasteiger charge is -2.25. The van der Waals surface area contributed by atoms with Crippen LogP contribution in [0.4, 0.5) is 10.6 Å². The molecule has 10 heteroatoms. The fourth-order valence-corrected chi connectivity index (χ4v) is 4.79. The second-order valence-corrected chi connectivity index (χ2v) is 8.33. The highest BCUT2D eigenvalue weighted by atomic mass is 32.1. The SMILES string of the molecule is C=CCOC(=O)NCCNc1nc(-c2ccncc2)nc2sc3c(c12)CCN(C(C)=O)C3. The van der Waals surface area contributed by atoms with E-state index in [-0.39, 0.29) is 12.5 Å². The number of hydrogen-bond acceptors (Lipinski definition) is 8. The number of carbonyl (C=O) groups is 2. The lowest BCUT2D eigenvalue weighted by molar-refractivity contribution is -0.129. The largest absolute Gasteiger partial charge is 0.445 e. The van der Waals surface area contributed by atoms with Gasteiger partial charge in [0.25, 0.3) is 0 Å². The van der Waals surface area contributed by atoms with Gasteiger partial charge in [0.1, 0.15) is 17.3 Å². The van der Waals surface area contributed by atoms with Gasteiger partial charge in [-0.05, 0) is 24.1 Å². The zero-order chi connectivity index (χ0) is 22.5. The van der Waals surface area contributed by atoms with Crippen LogP contribution in [0.15, 0.2) is 37.2 Å². The molecule has 1 aliphatic rings. The number of hydrogen-bond donors (Lipinski definition) is 2. The van der Waals surface area contributed by atoms with Crippen molar-refractivity contribution in [2.75, 3.05) is 31.6 Å². The van der Waals surface area contributed by atoms with Crippen LogP contribution in [0.3, 0.4) is 0 Å². The van der Waals surface area contributed by atoms with Gasteiger partial charge >= 0.3 is 6.09 Å². The van der Waals surface area contributed by atoms with E-state index in [0.29, 0.717) is 32.0 Å². The summed E-state index contributed by atoms with van der Waals surface area (Å²) in [4.78, 5) is 41.0. The maximum atomic E-state index is 11.9. The van der Waals surface area contributed by atoms with E-state index in [9.17, 15) is 9.59 Å². The molecule has 3 aromatic rings. The molecule has 9 nitrogen and oxygen atoms in total. The molecule has 2 N–H and O–H groups in total. The van der Waals surface area contributed by atoms with Crippen molar-refractivity contribution in [3.05, 3.63) is 47.6 Å². The minimum absolute atomic E-state index is 0.0735. The van der Waals surface area contributed by atoms with E-state index in [1.54, 1.807) is 30.7 Å². The van der Waals surface area contributed by atoms with Crippen molar-refractivity contribution in [3.63, 3.8) is 0 Å². The van der Waals surface area contributed by atoms with Crippen LogP contribution in [0.5, 0.6) is 0 Å². The number of thiophene rings is 1. The van der Waals surface area contributed by atoms with Crippen LogP contribution in [-0.2, 0) is 22.5 Å². The molecular formula is C22H24N6O3S. The smallest absolute Gasteiger partial charge is 0.407 e. The van der Waals surface area contributed by atoms with Gasteiger partial charge in [0.05, 0.1) is 11.9 Å². The Hall–Kier alpha value is -3.53. The number of anilines is 1. The van der Waals surface area contributed by atoms with Crippen molar-refractivity contribution in [2.45, 2.75) is 19.9 Å². The van der Waals surface area contributed by atoms with Gasteiger partial charge in [-0.1, -0.05) is 12.7 Å². The Labute approximate surface area is 189 Å². The van der Waals surface area contributed by atoms with Gasteiger partial charge in [0, 0.05) is 49.4 Å². The molecule has 32 heavy (non-hydrogen) atoms. The summed E-state index contributed by atoms with van der Waals surface area (Å²) in [5, 5.41) is 7.03. The van der Waals surface area contributed by atoms with Crippen molar-refractivity contribution in [3.8, 4) is 11.4 Å². The van der Waals surface area contributed by atoms with Crippen LogP contribution >= 0.6 is 11.3 Å². The molecule has 0 spiro atoms. The molecule has 0 aromatic carbocycles. The third-order valence-corrected chi connectivity index (χ3v) is 6.21. The van der Waals surface area contributed by atoms with Gasteiger partial charge in [-0.15, -0.1) is 11.3 Å². The Bertz CT molecular complexity index is 1150. The van der Waals surface area contributed by atoms with Crippen LogP contribution in [0.2, 0.25) is 0 Å². The van der Waals surface area contributed by atoms with Crippen LogP contribution in [0, 0.1) is 0 Å². The monoisotopic (exact) mass is 452 g/mol. The number of rotatable bonds is 7. The predicted molar refractivity (Wildman–Crippen MR) is 123 cm³/mol. The standard InChI is InChI=1S/C22H24N6O3S/c1-3-12-31-22(30)25-10-9-24-20-18-16-6-11-28(14(2)29)13-17(16)32-21(18)27-19(26-20)15-4-7-23-8-5-15/h3-5,7-8H,1,6,9-13H2,2H3,(H,25,30)(H,24,26,27). The molecule has 166 valence electrons. The third-order valence-electron chi connectivity index (χ3n) is 5.10. The van der Waals surface area contributed by atoms with E-state index in [1.807, 2.05) is 17.0 Å². The van der Waals surface area contributed by atoms with Crippen LogP contribution in [0.25, 0.3) is 21.6 Å². The summed E-state index contributed by atoms with van der Waals surface area (Å²) in [6.45, 7) is 7.39. The van der Waals surface area contributed by atoms with Crippen LogP contribution in [0.1, 0.15) is 17.4 Å². The molecule has 0 saturated carbocycles. The van der Waals surface area contributed by atoms with E-state index in [2.05, 4.69) is 22.2 Å². The van der Waals surface area contributed by atoms with Gasteiger partial charge < -0.3 is 20.3 Å². The van der Waals surface area contributed by atoms with Crippen molar-refractivity contribution in [1.29, 1.82) is 0 Å². The Balaban J connectivity index is 1.62. The number of nitrogens with zero attached hydrogens (tertiary/aromatic N) is 4. The lowest BCUT2D eigenvalue weighted by Crippen LogP contribution is -2.33.